The highest BCUT2D eigenvalue weighted by Gasteiger charge is 2.12. The number of nitrogens with one attached hydrogen (secondary N) is 1. The van der Waals surface area contributed by atoms with E-state index in [4.69, 9.17) is 5.73 Å². The van der Waals surface area contributed by atoms with Gasteiger partial charge in [-0.05, 0) is 12.8 Å². The van der Waals surface area contributed by atoms with Gasteiger partial charge >= 0.3 is 0 Å². The minimum atomic E-state index is 0.700. The second-order valence-electron chi connectivity index (χ2n) is 3.92. The van der Waals surface area contributed by atoms with E-state index < -0.39 is 0 Å². The molecule has 0 aromatic carbocycles. The first-order valence-corrected chi connectivity index (χ1v) is 5.42. The van der Waals surface area contributed by atoms with Crippen molar-refractivity contribution < 1.29 is 0 Å². The smallest absolute Gasteiger partial charge is 0.142 e. The molecule has 1 aliphatic rings. The number of aromatic nitrogens is 2. The lowest BCUT2D eigenvalue weighted by Crippen LogP contribution is -2.27. The largest absolute Gasteiger partial charge is 0.382 e. The zero-order valence-corrected chi connectivity index (χ0v) is 8.50. The molecule has 4 heteroatoms. The molecule has 0 atom stereocenters. The Bertz CT molecular complexity index is 273. The van der Waals surface area contributed by atoms with Crippen LogP contribution in [0.15, 0.2) is 6.20 Å². The normalized spacial score (nSPS) is 19.0. The Hall–Kier alpha value is -1.19. The highest BCUT2D eigenvalue weighted by Crippen LogP contribution is 2.22. The first-order valence-electron chi connectivity index (χ1n) is 5.42. The van der Waals surface area contributed by atoms with Crippen LogP contribution in [0.1, 0.15) is 32.1 Å². The molecule has 1 aromatic rings. The summed E-state index contributed by atoms with van der Waals surface area (Å²) in [6, 6.07) is 0. The van der Waals surface area contributed by atoms with Gasteiger partial charge in [-0.2, -0.15) is 5.10 Å². The molecule has 1 aliphatic heterocycles. The molecular formula is C10H18N4. The van der Waals surface area contributed by atoms with Crippen molar-refractivity contribution in [2.45, 2.75) is 32.1 Å². The van der Waals surface area contributed by atoms with Crippen LogP contribution in [0.5, 0.6) is 0 Å². The van der Waals surface area contributed by atoms with E-state index in [0.29, 0.717) is 5.82 Å². The summed E-state index contributed by atoms with van der Waals surface area (Å²) >= 11 is 0. The minimum absolute atomic E-state index is 0.700. The van der Waals surface area contributed by atoms with Gasteiger partial charge in [0.2, 0.25) is 0 Å². The average Bonchev–Trinajstić information content (AvgIpc) is 2.51. The lowest BCUT2D eigenvalue weighted by molar-refractivity contribution is 0.557. The minimum Gasteiger partial charge on any atom is -0.382 e. The fourth-order valence-electron chi connectivity index (χ4n) is 2.03. The van der Waals surface area contributed by atoms with E-state index in [0.717, 1.165) is 18.8 Å². The predicted molar refractivity (Wildman–Crippen MR) is 58.3 cm³/mol. The van der Waals surface area contributed by atoms with Gasteiger partial charge in [-0.3, -0.25) is 5.10 Å². The average molecular weight is 194 g/mol. The molecule has 4 nitrogen and oxygen atoms in total. The summed E-state index contributed by atoms with van der Waals surface area (Å²) in [6.07, 6.45) is 8.43. The molecule has 78 valence electrons. The van der Waals surface area contributed by atoms with Crippen LogP contribution in [0.25, 0.3) is 0 Å². The molecule has 14 heavy (non-hydrogen) atoms. The fourth-order valence-corrected chi connectivity index (χ4v) is 2.03. The van der Waals surface area contributed by atoms with Crippen LogP contribution < -0.4 is 10.6 Å². The van der Waals surface area contributed by atoms with E-state index in [2.05, 4.69) is 15.1 Å². The number of rotatable bonds is 1. The zero-order valence-electron chi connectivity index (χ0n) is 8.50. The molecule has 0 bridgehead atoms. The van der Waals surface area contributed by atoms with E-state index in [1.54, 1.807) is 0 Å². The van der Waals surface area contributed by atoms with Crippen molar-refractivity contribution in [2.75, 3.05) is 23.7 Å². The summed E-state index contributed by atoms with van der Waals surface area (Å²) in [6.45, 7) is 2.23. The molecule has 0 spiro atoms. The van der Waals surface area contributed by atoms with Crippen LogP contribution in [0.2, 0.25) is 0 Å². The Kier molecular flexibility index (Phi) is 2.91. The Morgan fingerprint density at radius 2 is 1.79 bits per heavy atom. The standard InChI is InChI=1S/C10H18N4/c11-10-9(8-12-13-10)14-6-4-2-1-3-5-7-14/h8H,1-7H2,(H3,11,12,13). The van der Waals surface area contributed by atoms with Gasteiger partial charge in [0, 0.05) is 13.1 Å². The summed E-state index contributed by atoms with van der Waals surface area (Å²) < 4.78 is 0. The molecule has 0 unspecified atom stereocenters. The summed E-state index contributed by atoms with van der Waals surface area (Å²) in [5.74, 6) is 0.700. The number of hydrogen-bond acceptors (Lipinski definition) is 3. The fraction of sp³-hybridized carbons (Fsp3) is 0.700. The maximum atomic E-state index is 5.80. The van der Waals surface area contributed by atoms with Crippen LogP contribution in [-0.4, -0.2) is 23.3 Å². The molecule has 3 N–H and O–H groups in total. The molecule has 2 rings (SSSR count). The van der Waals surface area contributed by atoms with Gasteiger partial charge in [0.15, 0.2) is 0 Å². The van der Waals surface area contributed by atoms with Crippen molar-refractivity contribution in [3.63, 3.8) is 0 Å². The molecule has 0 saturated carbocycles. The summed E-state index contributed by atoms with van der Waals surface area (Å²) in [5, 5.41) is 6.75. The van der Waals surface area contributed by atoms with Gasteiger partial charge < -0.3 is 10.6 Å². The number of nitrogens with two attached hydrogens (primary N) is 1. The molecular weight excluding hydrogens is 176 g/mol. The van der Waals surface area contributed by atoms with E-state index in [1.165, 1.54) is 32.1 Å². The van der Waals surface area contributed by atoms with Gasteiger partial charge in [-0.1, -0.05) is 19.3 Å². The molecule has 0 amide bonds. The summed E-state index contributed by atoms with van der Waals surface area (Å²) in [5.41, 5.74) is 6.88. The van der Waals surface area contributed by atoms with Crippen LogP contribution in [0.3, 0.4) is 0 Å². The predicted octanol–water partition coefficient (Wildman–Crippen LogP) is 1.76. The van der Waals surface area contributed by atoms with E-state index >= 15 is 0 Å². The molecule has 0 aliphatic carbocycles. The van der Waals surface area contributed by atoms with Crippen LogP contribution >= 0.6 is 0 Å². The van der Waals surface area contributed by atoms with Crippen LogP contribution in [-0.2, 0) is 0 Å². The molecule has 0 radical (unpaired) electrons. The number of anilines is 2. The lowest BCUT2D eigenvalue weighted by atomic mass is 10.1. The lowest BCUT2D eigenvalue weighted by Gasteiger charge is -2.25. The van der Waals surface area contributed by atoms with Gasteiger partial charge in [0.1, 0.15) is 5.82 Å². The molecule has 2 heterocycles. The quantitative estimate of drug-likeness (QED) is 0.716. The summed E-state index contributed by atoms with van der Waals surface area (Å²) in [4.78, 5) is 2.35. The highest BCUT2D eigenvalue weighted by molar-refractivity contribution is 5.61. The third-order valence-electron chi connectivity index (χ3n) is 2.84. The Morgan fingerprint density at radius 3 is 2.36 bits per heavy atom. The third-order valence-corrected chi connectivity index (χ3v) is 2.84. The monoisotopic (exact) mass is 194 g/mol. The maximum absolute atomic E-state index is 5.80. The number of hydrogen-bond donors (Lipinski definition) is 2. The third kappa shape index (κ3) is 2.00. The first-order chi connectivity index (χ1) is 6.88. The Labute approximate surface area is 84.5 Å². The second kappa shape index (κ2) is 4.35. The van der Waals surface area contributed by atoms with Crippen molar-refractivity contribution in [1.29, 1.82) is 0 Å². The zero-order chi connectivity index (χ0) is 9.80. The van der Waals surface area contributed by atoms with Crippen molar-refractivity contribution in [3.05, 3.63) is 6.20 Å². The number of aromatic amines is 1. The van der Waals surface area contributed by atoms with Crippen molar-refractivity contribution in [1.82, 2.24) is 10.2 Å². The van der Waals surface area contributed by atoms with Crippen LogP contribution in [0.4, 0.5) is 11.5 Å². The number of H-pyrrole nitrogens is 1. The molecule has 1 saturated heterocycles. The summed E-state index contributed by atoms with van der Waals surface area (Å²) in [7, 11) is 0. The van der Waals surface area contributed by atoms with E-state index in [1.807, 2.05) is 6.20 Å². The van der Waals surface area contributed by atoms with Gasteiger partial charge in [0.05, 0.1) is 11.9 Å². The maximum Gasteiger partial charge on any atom is 0.142 e. The Morgan fingerprint density at radius 1 is 1.14 bits per heavy atom. The van der Waals surface area contributed by atoms with Gasteiger partial charge in [-0.25, -0.2) is 0 Å². The second-order valence-corrected chi connectivity index (χ2v) is 3.92. The first kappa shape index (κ1) is 9.37. The Balaban J connectivity index is 2.04. The van der Waals surface area contributed by atoms with Crippen molar-refractivity contribution >= 4 is 11.5 Å². The van der Waals surface area contributed by atoms with Gasteiger partial charge in [0.25, 0.3) is 0 Å². The molecule has 1 aromatic heterocycles. The van der Waals surface area contributed by atoms with Crippen LogP contribution in [0, 0.1) is 0 Å². The number of nitrogens with zero attached hydrogens (tertiary/aromatic N) is 2. The molecule has 1 fully saturated rings. The number of nitrogen functional groups attached to an aromatic ring is 1. The topological polar surface area (TPSA) is 57.9 Å². The SMILES string of the molecule is Nc1[nH]ncc1N1CCCCCCC1. The van der Waals surface area contributed by atoms with Gasteiger partial charge in [-0.15, -0.1) is 0 Å². The van der Waals surface area contributed by atoms with E-state index in [-0.39, 0.29) is 0 Å². The van der Waals surface area contributed by atoms with E-state index in [9.17, 15) is 0 Å². The van der Waals surface area contributed by atoms with Crippen molar-refractivity contribution in [2.24, 2.45) is 0 Å². The highest BCUT2D eigenvalue weighted by atomic mass is 15.2. The van der Waals surface area contributed by atoms with Crippen molar-refractivity contribution in [3.8, 4) is 0 Å².